The van der Waals surface area contributed by atoms with Gasteiger partial charge in [-0.3, -0.25) is 4.79 Å². The lowest BCUT2D eigenvalue weighted by Crippen LogP contribution is -2.24. The molecule has 0 radical (unpaired) electrons. The van der Waals surface area contributed by atoms with Crippen LogP contribution in [0.2, 0.25) is 0 Å². The highest BCUT2D eigenvalue weighted by Crippen LogP contribution is 2.25. The molecule has 4 heteroatoms. The summed E-state index contributed by atoms with van der Waals surface area (Å²) in [6.07, 6.45) is 1.75. The van der Waals surface area contributed by atoms with Crippen LogP contribution in [-0.2, 0) is 4.79 Å². The molecule has 0 spiro atoms. The number of hydrogen-bond acceptors (Lipinski definition) is 2. The molecule has 0 aliphatic carbocycles. The van der Waals surface area contributed by atoms with Crippen molar-refractivity contribution in [2.24, 2.45) is 5.41 Å². The largest absolute Gasteiger partial charge is 0.481 e. The molecule has 0 aromatic heterocycles. The molecule has 0 saturated heterocycles. The highest BCUT2D eigenvalue weighted by Gasteiger charge is 2.18. The van der Waals surface area contributed by atoms with E-state index in [1.54, 1.807) is 0 Å². The Morgan fingerprint density at radius 2 is 2.00 bits per heavy atom. The fraction of sp³-hybridized carbons (Fsp3) is 0.900. The maximum absolute atomic E-state index is 11.7. The third-order valence-electron chi connectivity index (χ3n) is 2.27. The molecular formula is C10H20FNO2. The van der Waals surface area contributed by atoms with E-state index in [0.717, 1.165) is 13.0 Å². The van der Waals surface area contributed by atoms with Crippen molar-refractivity contribution in [1.82, 2.24) is 5.32 Å². The van der Waals surface area contributed by atoms with Crippen molar-refractivity contribution in [3.05, 3.63) is 0 Å². The maximum Gasteiger partial charge on any atom is 0.303 e. The van der Waals surface area contributed by atoms with Crippen molar-refractivity contribution in [2.75, 3.05) is 19.8 Å². The summed E-state index contributed by atoms with van der Waals surface area (Å²) >= 11 is 0. The summed E-state index contributed by atoms with van der Waals surface area (Å²) in [5.74, 6) is -0.755. The van der Waals surface area contributed by atoms with Gasteiger partial charge in [0.05, 0.1) is 0 Å². The Balaban J connectivity index is 3.55. The quantitative estimate of drug-likeness (QED) is 0.594. The number of hydrogen-bond donors (Lipinski definition) is 2. The molecule has 0 atom stereocenters. The minimum Gasteiger partial charge on any atom is -0.481 e. The van der Waals surface area contributed by atoms with Crippen molar-refractivity contribution < 1.29 is 14.3 Å². The van der Waals surface area contributed by atoms with Gasteiger partial charge in [-0.2, -0.15) is 0 Å². The van der Waals surface area contributed by atoms with Crippen molar-refractivity contribution in [3.63, 3.8) is 0 Å². The second kappa shape index (κ2) is 6.76. The standard InChI is InChI=1S/C10H20FNO2/c1-10(2,4-3-9(13)14)5-7-12-8-6-11/h12H,3-8H2,1-2H3,(H,13,14). The predicted molar refractivity (Wildman–Crippen MR) is 54.1 cm³/mol. The summed E-state index contributed by atoms with van der Waals surface area (Å²) in [7, 11) is 0. The molecule has 0 aromatic rings. The fourth-order valence-corrected chi connectivity index (χ4v) is 1.19. The number of carboxylic acids is 1. The first-order valence-electron chi connectivity index (χ1n) is 4.96. The van der Waals surface area contributed by atoms with E-state index in [0.29, 0.717) is 13.0 Å². The number of carbonyl (C=O) groups is 1. The average molecular weight is 205 g/mol. The molecule has 0 amide bonds. The zero-order valence-corrected chi connectivity index (χ0v) is 8.98. The highest BCUT2D eigenvalue weighted by molar-refractivity contribution is 5.66. The van der Waals surface area contributed by atoms with E-state index >= 15 is 0 Å². The summed E-state index contributed by atoms with van der Waals surface area (Å²) in [6.45, 7) is 4.85. The van der Waals surface area contributed by atoms with E-state index in [-0.39, 0.29) is 18.5 Å². The number of carboxylic acid groups (broad SMARTS) is 1. The molecule has 0 bridgehead atoms. The molecular weight excluding hydrogens is 185 g/mol. The second-order valence-electron chi connectivity index (χ2n) is 4.25. The van der Waals surface area contributed by atoms with Crippen LogP contribution in [0, 0.1) is 5.41 Å². The molecule has 0 aliphatic rings. The van der Waals surface area contributed by atoms with Crippen molar-refractivity contribution in [1.29, 1.82) is 0 Å². The second-order valence-corrected chi connectivity index (χ2v) is 4.25. The molecule has 84 valence electrons. The highest BCUT2D eigenvalue weighted by atomic mass is 19.1. The Labute approximate surface area is 84.7 Å². The molecule has 0 aromatic carbocycles. The molecule has 3 nitrogen and oxygen atoms in total. The lowest BCUT2D eigenvalue weighted by Gasteiger charge is -2.23. The summed E-state index contributed by atoms with van der Waals surface area (Å²) in [6, 6.07) is 0. The van der Waals surface area contributed by atoms with Crippen LogP contribution in [0.15, 0.2) is 0 Å². The Kier molecular flexibility index (Phi) is 6.45. The van der Waals surface area contributed by atoms with E-state index in [9.17, 15) is 9.18 Å². The van der Waals surface area contributed by atoms with Crippen molar-refractivity contribution in [2.45, 2.75) is 33.1 Å². The summed E-state index contributed by atoms with van der Waals surface area (Å²) in [5, 5.41) is 11.5. The molecule has 0 unspecified atom stereocenters. The SMILES string of the molecule is CC(C)(CCNCCF)CCC(=O)O. The van der Waals surface area contributed by atoms with Gasteiger partial charge in [-0.25, -0.2) is 4.39 Å². The van der Waals surface area contributed by atoms with Gasteiger partial charge in [-0.1, -0.05) is 13.8 Å². The van der Waals surface area contributed by atoms with E-state index in [1.807, 2.05) is 13.8 Å². The van der Waals surface area contributed by atoms with Crippen LogP contribution in [0.25, 0.3) is 0 Å². The molecule has 0 saturated carbocycles. The van der Waals surface area contributed by atoms with Crippen LogP contribution < -0.4 is 5.32 Å². The van der Waals surface area contributed by atoms with Crippen LogP contribution >= 0.6 is 0 Å². The van der Waals surface area contributed by atoms with Crippen molar-refractivity contribution in [3.8, 4) is 0 Å². The monoisotopic (exact) mass is 205 g/mol. The van der Waals surface area contributed by atoms with Crippen LogP contribution in [0.5, 0.6) is 0 Å². The minimum atomic E-state index is -0.755. The zero-order chi connectivity index (χ0) is 11.0. The van der Waals surface area contributed by atoms with Crippen LogP contribution in [0.4, 0.5) is 4.39 Å². The van der Waals surface area contributed by atoms with E-state index in [2.05, 4.69) is 5.32 Å². The maximum atomic E-state index is 11.7. The molecule has 0 rings (SSSR count). The van der Waals surface area contributed by atoms with Gasteiger partial charge >= 0.3 is 5.97 Å². The number of rotatable bonds is 8. The number of alkyl halides is 1. The van der Waals surface area contributed by atoms with Gasteiger partial charge in [-0.05, 0) is 24.8 Å². The topological polar surface area (TPSA) is 49.3 Å². The Morgan fingerprint density at radius 1 is 1.36 bits per heavy atom. The minimum absolute atomic E-state index is 0.0156. The third kappa shape index (κ3) is 7.98. The molecule has 0 heterocycles. The Hall–Kier alpha value is -0.640. The number of halogens is 1. The average Bonchev–Trinajstić information content (AvgIpc) is 2.10. The lowest BCUT2D eigenvalue weighted by atomic mass is 9.84. The lowest BCUT2D eigenvalue weighted by molar-refractivity contribution is -0.137. The number of aliphatic carboxylic acids is 1. The zero-order valence-electron chi connectivity index (χ0n) is 8.98. The first-order chi connectivity index (χ1) is 6.48. The van der Waals surface area contributed by atoms with Gasteiger partial charge in [0.2, 0.25) is 0 Å². The van der Waals surface area contributed by atoms with Gasteiger partial charge in [0, 0.05) is 13.0 Å². The third-order valence-corrected chi connectivity index (χ3v) is 2.27. The molecule has 2 N–H and O–H groups in total. The normalized spacial score (nSPS) is 11.6. The van der Waals surface area contributed by atoms with Gasteiger partial charge in [-0.15, -0.1) is 0 Å². The first-order valence-corrected chi connectivity index (χ1v) is 4.96. The summed E-state index contributed by atoms with van der Waals surface area (Å²) in [4.78, 5) is 10.4. The van der Waals surface area contributed by atoms with Crippen molar-refractivity contribution >= 4 is 5.97 Å². The van der Waals surface area contributed by atoms with Gasteiger partial charge in [0.15, 0.2) is 0 Å². The predicted octanol–water partition coefficient (Wildman–Crippen LogP) is 1.83. The first kappa shape index (κ1) is 13.4. The fourth-order valence-electron chi connectivity index (χ4n) is 1.19. The van der Waals surface area contributed by atoms with E-state index in [4.69, 9.17) is 5.11 Å². The summed E-state index contributed by atoms with van der Waals surface area (Å²) < 4.78 is 11.7. The smallest absolute Gasteiger partial charge is 0.303 e. The Bertz CT molecular complexity index is 172. The van der Waals surface area contributed by atoms with Gasteiger partial charge in [0.1, 0.15) is 6.67 Å². The van der Waals surface area contributed by atoms with Crippen LogP contribution in [-0.4, -0.2) is 30.8 Å². The van der Waals surface area contributed by atoms with Crippen LogP contribution in [0.1, 0.15) is 33.1 Å². The Morgan fingerprint density at radius 3 is 2.50 bits per heavy atom. The van der Waals surface area contributed by atoms with Gasteiger partial charge < -0.3 is 10.4 Å². The number of nitrogens with one attached hydrogen (secondary N) is 1. The van der Waals surface area contributed by atoms with E-state index in [1.165, 1.54) is 0 Å². The van der Waals surface area contributed by atoms with Gasteiger partial charge in [0.25, 0.3) is 0 Å². The molecule has 14 heavy (non-hydrogen) atoms. The molecule has 0 fully saturated rings. The molecule has 0 aliphatic heterocycles. The summed E-state index contributed by atoms with van der Waals surface area (Å²) in [5.41, 5.74) is 0.0156. The van der Waals surface area contributed by atoms with Crippen LogP contribution in [0.3, 0.4) is 0 Å². The van der Waals surface area contributed by atoms with E-state index < -0.39 is 5.97 Å².